The van der Waals surface area contributed by atoms with Gasteiger partial charge in [0, 0.05) is 19.7 Å². The van der Waals surface area contributed by atoms with Gasteiger partial charge < -0.3 is 19.5 Å². The normalized spacial score (nSPS) is 22.1. The summed E-state index contributed by atoms with van der Waals surface area (Å²) in [7, 11) is 0. The monoisotopic (exact) mass is 347 g/mol. The highest BCUT2D eigenvalue weighted by Gasteiger charge is 2.26. The van der Waals surface area contributed by atoms with Crippen LogP contribution in [0.5, 0.6) is 5.75 Å². The van der Waals surface area contributed by atoms with Crippen molar-refractivity contribution in [2.24, 2.45) is 0 Å². The number of phenolic OH excluding ortho intramolecular Hbond substituents is 1. The maximum atomic E-state index is 12.6. The highest BCUT2D eigenvalue weighted by atomic mass is 16.5. The molecule has 2 aliphatic heterocycles. The van der Waals surface area contributed by atoms with Crippen molar-refractivity contribution >= 4 is 5.91 Å². The fourth-order valence-electron chi connectivity index (χ4n) is 3.56. The van der Waals surface area contributed by atoms with E-state index in [2.05, 4.69) is 0 Å². The van der Waals surface area contributed by atoms with Crippen molar-refractivity contribution in [1.82, 2.24) is 4.90 Å². The van der Waals surface area contributed by atoms with Gasteiger partial charge in [-0.3, -0.25) is 4.79 Å². The maximum absolute atomic E-state index is 12.6. The molecule has 2 saturated heterocycles. The van der Waals surface area contributed by atoms with Crippen LogP contribution in [0.1, 0.15) is 54.9 Å². The Bertz CT molecular complexity index is 575. The van der Waals surface area contributed by atoms with Crippen LogP contribution in [0.15, 0.2) is 18.2 Å². The summed E-state index contributed by atoms with van der Waals surface area (Å²) in [4.78, 5) is 14.5. The van der Waals surface area contributed by atoms with Gasteiger partial charge in [0.1, 0.15) is 5.75 Å². The largest absolute Gasteiger partial charge is 0.507 e. The lowest BCUT2D eigenvalue weighted by atomic mass is 10.0. The molecule has 1 aromatic carbocycles. The number of aromatic hydroxyl groups is 1. The molecule has 1 unspecified atom stereocenters. The molecule has 0 aliphatic carbocycles. The quantitative estimate of drug-likeness (QED) is 0.889. The molecule has 1 amide bonds. The van der Waals surface area contributed by atoms with E-state index in [1.54, 1.807) is 12.1 Å². The number of rotatable bonds is 5. The van der Waals surface area contributed by atoms with E-state index in [0.717, 1.165) is 44.3 Å². The Balaban J connectivity index is 1.47. The SMILES string of the molecule is CCc1ccc(C(=O)N2CCC(OCC3CCCCO3)CC2)c(O)c1. The summed E-state index contributed by atoms with van der Waals surface area (Å²) >= 11 is 0. The third-order valence-corrected chi connectivity index (χ3v) is 5.22. The van der Waals surface area contributed by atoms with Crippen LogP contribution in [0.3, 0.4) is 0 Å². The lowest BCUT2D eigenvalue weighted by Crippen LogP contribution is -2.41. The smallest absolute Gasteiger partial charge is 0.257 e. The highest BCUT2D eigenvalue weighted by molar-refractivity contribution is 5.97. The molecule has 1 atom stereocenters. The third-order valence-electron chi connectivity index (χ3n) is 5.22. The Hall–Kier alpha value is -1.59. The van der Waals surface area contributed by atoms with Gasteiger partial charge in [-0.1, -0.05) is 13.0 Å². The Kier molecular flexibility index (Phi) is 6.32. The molecule has 5 nitrogen and oxygen atoms in total. The second-order valence-electron chi connectivity index (χ2n) is 7.02. The van der Waals surface area contributed by atoms with Gasteiger partial charge in [0.2, 0.25) is 0 Å². The molecule has 0 radical (unpaired) electrons. The Morgan fingerprint density at radius 3 is 2.72 bits per heavy atom. The zero-order valence-corrected chi connectivity index (χ0v) is 15.1. The number of amides is 1. The number of carbonyl (C=O) groups is 1. The lowest BCUT2D eigenvalue weighted by molar-refractivity contribution is -0.0733. The Labute approximate surface area is 149 Å². The first-order valence-electron chi connectivity index (χ1n) is 9.51. The molecule has 0 aromatic heterocycles. The van der Waals surface area contributed by atoms with E-state index in [1.165, 1.54) is 6.42 Å². The number of carbonyl (C=O) groups excluding carboxylic acids is 1. The molecule has 1 N–H and O–H groups in total. The van der Waals surface area contributed by atoms with Crippen molar-refractivity contribution in [3.8, 4) is 5.75 Å². The first-order chi connectivity index (χ1) is 12.2. The average Bonchev–Trinajstić information content (AvgIpc) is 2.67. The fourth-order valence-corrected chi connectivity index (χ4v) is 3.56. The molecular formula is C20H29NO4. The van der Waals surface area contributed by atoms with Crippen LogP contribution < -0.4 is 0 Å². The molecular weight excluding hydrogens is 318 g/mol. The number of nitrogens with zero attached hydrogens (tertiary/aromatic N) is 1. The first-order valence-corrected chi connectivity index (χ1v) is 9.51. The fraction of sp³-hybridized carbons (Fsp3) is 0.650. The summed E-state index contributed by atoms with van der Waals surface area (Å²) in [5.74, 6) is -0.00797. The highest BCUT2D eigenvalue weighted by Crippen LogP contribution is 2.24. The second kappa shape index (κ2) is 8.68. The minimum absolute atomic E-state index is 0.0807. The van der Waals surface area contributed by atoms with Crippen LogP contribution in [0, 0.1) is 0 Å². The van der Waals surface area contributed by atoms with E-state index in [4.69, 9.17) is 9.47 Å². The molecule has 138 valence electrons. The zero-order chi connectivity index (χ0) is 17.6. The first kappa shape index (κ1) is 18.2. The van der Waals surface area contributed by atoms with Gasteiger partial charge in [-0.25, -0.2) is 0 Å². The molecule has 25 heavy (non-hydrogen) atoms. The van der Waals surface area contributed by atoms with Gasteiger partial charge >= 0.3 is 0 Å². The van der Waals surface area contributed by atoms with Crippen molar-refractivity contribution in [1.29, 1.82) is 0 Å². The van der Waals surface area contributed by atoms with Gasteiger partial charge in [0.25, 0.3) is 5.91 Å². The second-order valence-corrected chi connectivity index (χ2v) is 7.02. The van der Waals surface area contributed by atoms with E-state index in [-0.39, 0.29) is 23.9 Å². The summed E-state index contributed by atoms with van der Waals surface area (Å²) in [6.07, 6.45) is 6.43. The van der Waals surface area contributed by atoms with Crippen LogP contribution in [0.2, 0.25) is 0 Å². The van der Waals surface area contributed by atoms with Crippen LogP contribution in [0.4, 0.5) is 0 Å². The van der Waals surface area contributed by atoms with Crippen molar-refractivity contribution in [2.75, 3.05) is 26.3 Å². The minimum Gasteiger partial charge on any atom is -0.507 e. The van der Waals surface area contributed by atoms with Crippen molar-refractivity contribution in [3.05, 3.63) is 29.3 Å². The van der Waals surface area contributed by atoms with Gasteiger partial charge in [-0.05, 0) is 56.2 Å². The number of hydrogen-bond donors (Lipinski definition) is 1. The predicted molar refractivity (Wildman–Crippen MR) is 96.0 cm³/mol. The number of likely N-dealkylation sites (tertiary alicyclic amines) is 1. The van der Waals surface area contributed by atoms with Crippen LogP contribution >= 0.6 is 0 Å². The molecule has 1 aromatic rings. The minimum atomic E-state index is -0.0887. The molecule has 0 saturated carbocycles. The average molecular weight is 347 g/mol. The van der Waals surface area contributed by atoms with Gasteiger partial charge in [-0.15, -0.1) is 0 Å². The van der Waals surface area contributed by atoms with Crippen LogP contribution in [-0.4, -0.2) is 54.4 Å². The molecule has 2 aliphatic rings. The lowest BCUT2D eigenvalue weighted by Gasteiger charge is -2.33. The van der Waals surface area contributed by atoms with Crippen molar-refractivity contribution in [3.63, 3.8) is 0 Å². The number of benzene rings is 1. The van der Waals surface area contributed by atoms with Crippen molar-refractivity contribution in [2.45, 2.75) is 57.7 Å². The molecule has 0 spiro atoms. The number of phenols is 1. The summed E-state index contributed by atoms with van der Waals surface area (Å²) < 4.78 is 11.7. The van der Waals surface area contributed by atoms with Crippen LogP contribution in [-0.2, 0) is 15.9 Å². The molecule has 3 rings (SSSR count). The van der Waals surface area contributed by atoms with Gasteiger partial charge in [-0.2, -0.15) is 0 Å². The van der Waals surface area contributed by atoms with E-state index in [1.807, 2.05) is 17.9 Å². The third kappa shape index (κ3) is 4.73. The summed E-state index contributed by atoms with van der Waals surface area (Å²) in [6.45, 7) is 4.88. The zero-order valence-electron chi connectivity index (χ0n) is 15.1. The van der Waals surface area contributed by atoms with E-state index < -0.39 is 0 Å². The molecule has 0 bridgehead atoms. The van der Waals surface area contributed by atoms with E-state index in [9.17, 15) is 9.90 Å². The van der Waals surface area contributed by atoms with Crippen LogP contribution in [0.25, 0.3) is 0 Å². The molecule has 2 fully saturated rings. The number of piperidine rings is 1. The number of ether oxygens (including phenoxy) is 2. The molecule has 2 heterocycles. The van der Waals surface area contributed by atoms with E-state index >= 15 is 0 Å². The van der Waals surface area contributed by atoms with Gasteiger partial charge in [0.15, 0.2) is 0 Å². The maximum Gasteiger partial charge on any atom is 0.257 e. The van der Waals surface area contributed by atoms with Gasteiger partial charge in [0.05, 0.1) is 24.4 Å². The summed E-state index contributed by atoms with van der Waals surface area (Å²) in [5.41, 5.74) is 1.43. The topological polar surface area (TPSA) is 59.0 Å². The standard InChI is InChI=1S/C20H29NO4/c1-2-15-6-7-18(19(22)13-15)20(23)21-10-8-16(9-11-21)25-14-17-5-3-4-12-24-17/h6-7,13,16-17,22H,2-5,8-12,14H2,1H3. The Morgan fingerprint density at radius 1 is 1.28 bits per heavy atom. The Morgan fingerprint density at radius 2 is 2.08 bits per heavy atom. The predicted octanol–water partition coefficient (Wildman–Crippen LogP) is 3.14. The summed E-state index contributed by atoms with van der Waals surface area (Å²) in [5, 5.41) is 10.1. The summed E-state index contributed by atoms with van der Waals surface area (Å²) in [6, 6.07) is 5.33. The van der Waals surface area contributed by atoms with E-state index in [0.29, 0.717) is 25.3 Å². The number of aryl methyl sites for hydroxylation is 1. The molecule has 5 heteroatoms. The van der Waals surface area contributed by atoms with Crippen molar-refractivity contribution < 1.29 is 19.4 Å². The number of hydrogen-bond acceptors (Lipinski definition) is 4.